The topological polar surface area (TPSA) is 127 Å². The van der Waals surface area contributed by atoms with Gasteiger partial charge in [-0.1, -0.05) is 19.8 Å². The Balaban J connectivity index is 3.22. The molecule has 1 atom stereocenters. The SMILES string of the molecule is CCCC[C@H](NS(=O)(=O)c1c(C)cc([N+](=O)[O-])cc1C)C(=O)O. The number of aryl methyl sites for hydroxylation is 2. The number of nitrogens with zero attached hydrogens (tertiary/aromatic N) is 1. The Morgan fingerprint density at radius 1 is 1.35 bits per heavy atom. The molecule has 1 aromatic carbocycles. The number of nitro benzene ring substituents is 1. The number of nitrogens with one attached hydrogen (secondary N) is 1. The third kappa shape index (κ3) is 4.73. The first-order valence-electron chi connectivity index (χ1n) is 7.11. The fourth-order valence-electron chi connectivity index (χ4n) is 2.34. The maximum atomic E-state index is 12.5. The van der Waals surface area contributed by atoms with Gasteiger partial charge in [0.25, 0.3) is 5.69 Å². The Bertz CT molecular complexity index is 691. The Morgan fingerprint density at radius 3 is 2.26 bits per heavy atom. The zero-order valence-corrected chi connectivity index (χ0v) is 14.0. The first kappa shape index (κ1) is 19.0. The van der Waals surface area contributed by atoms with Crippen molar-refractivity contribution in [2.24, 2.45) is 0 Å². The highest BCUT2D eigenvalue weighted by molar-refractivity contribution is 7.89. The molecule has 0 aliphatic rings. The van der Waals surface area contributed by atoms with E-state index in [1.54, 1.807) is 0 Å². The normalized spacial score (nSPS) is 12.8. The van der Waals surface area contributed by atoms with E-state index in [-0.39, 0.29) is 28.1 Å². The van der Waals surface area contributed by atoms with Gasteiger partial charge in [0.1, 0.15) is 6.04 Å². The minimum Gasteiger partial charge on any atom is -0.480 e. The predicted molar refractivity (Wildman–Crippen MR) is 83.8 cm³/mol. The van der Waals surface area contributed by atoms with Crippen LogP contribution >= 0.6 is 0 Å². The Hall–Kier alpha value is -2.00. The first-order valence-corrected chi connectivity index (χ1v) is 8.59. The van der Waals surface area contributed by atoms with Crippen molar-refractivity contribution in [2.45, 2.75) is 51.0 Å². The smallest absolute Gasteiger partial charge is 0.321 e. The zero-order valence-electron chi connectivity index (χ0n) is 13.2. The summed E-state index contributed by atoms with van der Waals surface area (Å²) in [5.74, 6) is -1.25. The Kier molecular flexibility index (Phi) is 6.22. The van der Waals surface area contributed by atoms with Crippen LogP contribution in [0.25, 0.3) is 0 Å². The maximum Gasteiger partial charge on any atom is 0.321 e. The summed E-state index contributed by atoms with van der Waals surface area (Å²) in [6.07, 6.45) is 1.48. The fraction of sp³-hybridized carbons (Fsp3) is 0.500. The Morgan fingerprint density at radius 2 is 1.87 bits per heavy atom. The van der Waals surface area contributed by atoms with Crippen molar-refractivity contribution in [2.75, 3.05) is 0 Å². The van der Waals surface area contributed by atoms with Gasteiger partial charge in [-0.25, -0.2) is 8.42 Å². The van der Waals surface area contributed by atoms with Gasteiger partial charge in [0.2, 0.25) is 10.0 Å². The number of carbonyl (C=O) groups is 1. The monoisotopic (exact) mass is 344 g/mol. The molecule has 0 spiro atoms. The summed E-state index contributed by atoms with van der Waals surface area (Å²) in [5, 5.41) is 20.0. The molecule has 0 amide bonds. The van der Waals surface area contributed by atoms with Gasteiger partial charge in [-0.15, -0.1) is 0 Å². The number of sulfonamides is 1. The third-order valence-corrected chi connectivity index (χ3v) is 5.14. The van der Waals surface area contributed by atoms with E-state index in [0.29, 0.717) is 6.42 Å². The number of non-ortho nitro benzene ring substituents is 1. The second-order valence-corrected chi connectivity index (χ2v) is 6.97. The fourth-order valence-corrected chi connectivity index (χ4v) is 4.02. The van der Waals surface area contributed by atoms with Crippen molar-refractivity contribution >= 4 is 21.7 Å². The maximum absolute atomic E-state index is 12.5. The van der Waals surface area contributed by atoms with Crippen LogP contribution in [0.4, 0.5) is 5.69 Å². The molecule has 0 fully saturated rings. The second kappa shape index (κ2) is 7.51. The summed E-state index contributed by atoms with van der Waals surface area (Å²) in [6.45, 7) is 4.75. The van der Waals surface area contributed by atoms with Crippen LogP contribution in [0.5, 0.6) is 0 Å². The summed E-state index contributed by atoms with van der Waals surface area (Å²) in [6, 6.07) is 1.08. The Labute approximate surface area is 134 Å². The summed E-state index contributed by atoms with van der Waals surface area (Å²) in [5.41, 5.74) is 0.187. The van der Waals surface area contributed by atoms with E-state index in [1.165, 1.54) is 13.8 Å². The molecule has 0 saturated carbocycles. The number of carboxylic acid groups (broad SMARTS) is 1. The van der Waals surface area contributed by atoms with E-state index in [4.69, 9.17) is 5.11 Å². The lowest BCUT2D eigenvalue weighted by molar-refractivity contribution is -0.385. The molecule has 0 aliphatic carbocycles. The highest BCUT2D eigenvalue weighted by Crippen LogP contribution is 2.26. The molecule has 1 aromatic rings. The largest absolute Gasteiger partial charge is 0.480 e. The molecular weight excluding hydrogens is 324 g/mol. The highest BCUT2D eigenvalue weighted by atomic mass is 32.2. The standard InChI is InChI=1S/C14H20N2O6S/c1-4-5-6-12(14(17)18)15-23(21,22)13-9(2)7-11(16(19)20)8-10(13)3/h7-8,12,15H,4-6H2,1-3H3,(H,17,18)/t12-/m0/s1. The van der Waals surface area contributed by atoms with Gasteiger partial charge in [-0.05, 0) is 31.4 Å². The molecule has 1 rings (SSSR count). The number of hydrogen-bond donors (Lipinski definition) is 2. The minimum atomic E-state index is -4.09. The number of rotatable bonds is 8. The molecule has 128 valence electrons. The average molecular weight is 344 g/mol. The number of aliphatic carboxylic acids is 1. The summed E-state index contributed by atoms with van der Waals surface area (Å²) >= 11 is 0. The number of hydrogen-bond acceptors (Lipinski definition) is 5. The van der Waals surface area contributed by atoms with Gasteiger partial charge in [-0.3, -0.25) is 14.9 Å². The molecule has 0 bridgehead atoms. The number of benzene rings is 1. The molecular formula is C14H20N2O6S. The van der Waals surface area contributed by atoms with Gasteiger partial charge in [-0.2, -0.15) is 4.72 Å². The van der Waals surface area contributed by atoms with Crippen LogP contribution in [-0.4, -0.2) is 30.5 Å². The molecule has 0 aliphatic heterocycles. The van der Waals surface area contributed by atoms with Crippen LogP contribution in [-0.2, 0) is 14.8 Å². The lowest BCUT2D eigenvalue weighted by Crippen LogP contribution is -2.41. The first-order chi connectivity index (χ1) is 10.6. The van der Waals surface area contributed by atoms with Gasteiger partial charge >= 0.3 is 5.97 Å². The summed E-state index contributed by atoms with van der Waals surface area (Å²) in [7, 11) is -4.09. The van der Waals surface area contributed by atoms with Gasteiger partial charge in [0.15, 0.2) is 0 Å². The number of nitro groups is 1. The van der Waals surface area contributed by atoms with Crippen molar-refractivity contribution in [3.8, 4) is 0 Å². The zero-order chi connectivity index (χ0) is 17.8. The van der Waals surface area contributed by atoms with Crippen molar-refractivity contribution in [1.29, 1.82) is 0 Å². The number of unbranched alkanes of at least 4 members (excludes halogenated alkanes) is 1. The van der Waals surface area contributed by atoms with Crippen molar-refractivity contribution in [3.05, 3.63) is 33.4 Å². The molecule has 0 radical (unpaired) electrons. The van der Waals surface area contributed by atoms with Crippen molar-refractivity contribution in [3.63, 3.8) is 0 Å². The summed E-state index contributed by atoms with van der Waals surface area (Å²) in [4.78, 5) is 21.3. The van der Waals surface area contributed by atoms with E-state index in [2.05, 4.69) is 4.72 Å². The molecule has 0 saturated heterocycles. The van der Waals surface area contributed by atoms with E-state index in [9.17, 15) is 23.3 Å². The molecule has 9 heteroatoms. The van der Waals surface area contributed by atoms with Crippen LogP contribution in [0.1, 0.15) is 37.3 Å². The molecule has 0 heterocycles. The minimum absolute atomic E-state index is 0.120. The van der Waals surface area contributed by atoms with Crippen LogP contribution < -0.4 is 4.72 Å². The van der Waals surface area contributed by atoms with Crippen LogP contribution in [0.3, 0.4) is 0 Å². The molecule has 23 heavy (non-hydrogen) atoms. The molecule has 0 unspecified atom stereocenters. The quantitative estimate of drug-likeness (QED) is 0.549. The average Bonchev–Trinajstić information content (AvgIpc) is 2.41. The van der Waals surface area contributed by atoms with Crippen LogP contribution in [0, 0.1) is 24.0 Å². The van der Waals surface area contributed by atoms with Crippen LogP contribution in [0.15, 0.2) is 17.0 Å². The lowest BCUT2D eigenvalue weighted by atomic mass is 10.1. The molecule has 0 aromatic heterocycles. The van der Waals surface area contributed by atoms with Crippen LogP contribution in [0.2, 0.25) is 0 Å². The van der Waals surface area contributed by atoms with E-state index < -0.39 is 27.0 Å². The molecule has 8 nitrogen and oxygen atoms in total. The highest BCUT2D eigenvalue weighted by Gasteiger charge is 2.28. The summed E-state index contributed by atoms with van der Waals surface area (Å²) < 4.78 is 27.2. The van der Waals surface area contributed by atoms with Gasteiger partial charge in [0, 0.05) is 12.1 Å². The van der Waals surface area contributed by atoms with Crippen molar-refractivity contribution in [1.82, 2.24) is 4.72 Å². The van der Waals surface area contributed by atoms with E-state index >= 15 is 0 Å². The second-order valence-electron chi connectivity index (χ2n) is 5.32. The van der Waals surface area contributed by atoms with Crippen molar-refractivity contribution < 1.29 is 23.2 Å². The van der Waals surface area contributed by atoms with Gasteiger partial charge < -0.3 is 5.11 Å². The predicted octanol–water partition coefficient (Wildman–Crippen LogP) is 2.13. The third-order valence-electron chi connectivity index (χ3n) is 3.37. The van der Waals surface area contributed by atoms with E-state index in [0.717, 1.165) is 18.6 Å². The lowest BCUT2D eigenvalue weighted by Gasteiger charge is -2.17. The number of carboxylic acids is 1. The van der Waals surface area contributed by atoms with Gasteiger partial charge in [0.05, 0.1) is 9.82 Å². The van der Waals surface area contributed by atoms with E-state index in [1.807, 2.05) is 6.92 Å². The molecule has 2 N–H and O–H groups in total.